The molecule has 124 valence electrons. The summed E-state index contributed by atoms with van der Waals surface area (Å²) in [5.74, 6) is -1.04. The Balaban J connectivity index is 2.59. The molecule has 1 amide bonds. The number of rotatable bonds is 9. The van der Waals surface area contributed by atoms with Crippen molar-refractivity contribution in [1.29, 1.82) is 0 Å². The number of Topliss-reactive ketones (excluding diaryl/α,β-unsaturated/α-hetero) is 1. The fourth-order valence-electron chi connectivity index (χ4n) is 2.19. The average Bonchev–Trinajstić information content (AvgIpc) is 2.58. The van der Waals surface area contributed by atoms with Gasteiger partial charge in [0.05, 0.1) is 13.0 Å². The molecule has 1 rings (SSSR count). The fourth-order valence-corrected chi connectivity index (χ4v) is 2.19. The highest BCUT2D eigenvalue weighted by Gasteiger charge is 2.21. The maximum Gasteiger partial charge on any atom is 0.310 e. The zero-order valence-corrected chi connectivity index (χ0v) is 13.7. The van der Waals surface area contributed by atoms with E-state index < -0.39 is 5.92 Å². The largest absolute Gasteiger partial charge is 0.469 e. The minimum atomic E-state index is -0.422. The van der Waals surface area contributed by atoms with Crippen LogP contribution in [0.1, 0.15) is 30.1 Å². The lowest BCUT2D eigenvalue weighted by molar-refractivity contribution is -0.146. The van der Waals surface area contributed by atoms with E-state index in [9.17, 15) is 14.4 Å². The van der Waals surface area contributed by atoms with Gasteiger partial charge in [0.15, 0.2) is 5.78 Å². The number of hydrogen-bond donors (Lipinski definition) is 0. The molecule has 0 aliphatic carbocycles. The van der Waals surface area contributed by atoms with E-state index in [1.54, 1.807) is 37.3 Å². The number of ether oxygens (including phenoxy) is 1. The summed E-state index contributed by atoms with van der Waals surface area (Å²) in [6, 6.07) is 8.87. The van der Waals surface area contributed by atoms with Crippen LogP contribution < -0.4 is 0 Å². The van der Waals surface area contributed by atoms with Crippen LogP contribution in [-0.2, 0) is 14.3 Å². The molecule has 1 aromatic rings. The Hall–Kier alpha value is -2.43. The summed E-state index contributed by atoms with van der Waals surface area (Å²) in [5.41, 5.74) is 0.596. The van der Waals surface area contributed by atoms with E-state index in [-0.39, 0.29) is 37.0 Å². The Kier molecular flexibility index (Phi) is 7.74. The van der Waals surface area contributed by atoms with Gasteiger partial charge in [-0.25, -0.2) is 0 Å². The molecule has 1 atom stereocenters. The maximum atomic E-state index is 12.3. The zero-order valence-electron chi connectivity index (χ0n) is 13.7. The predicted molar refractivity (Wildman–Crippen MR) is 88.0 cm³/mol. The smallest absolute Gasteiger partial charge is 0.310 e. The molecule has 0 heterocycles. The Labute approximate surface area is 136 Å². The first-order valence-electron chi connectivity index (χ1n) is 7.54. The Morgan fingerprint density at radius 1 is 1.22 bits per heavy atom. The second-order valence-electron chi connectivity index (χ2n) is 5.30. The molecule has 0 radical (unpaired) electrons. The van der Waals surface area contributed by atoms with Crippen molar-refractivity contribution in [1.82, 2.24) is 4.90 Å². The van der Waals surface area contributed by atoms with Crippen LogP contribution in [0.5, 0.6) is 0 Å². The van der Waals surface area contributed by atoms with Crippen molar-refractivity contribution in [2.45, 2.75) is 19.8 Å². The quantitative estimate of drug-likeness (QED) is 0.399. The summed E-state index contributed by atoms with van der Waals surface area (Å²) in [6.07, 6.45) is 1.85. The van der Waals surface area contributed by atoms with Gasteiger partial charge in [-0.05, 0) is 0 Å². The highest BCUT2D eigenvalue weighted by atomic mass is 16.5. The van der Waals surface area contributed by atoms with Gasteiger partial charge in [-0.15, -0.1) is 6.58 Å². The number of hydrogen-bond acceptors (Lipinski definition) is 4. The summed E-state index contributed by atoms with van der Waals surface area (Å²) in [6.45, 7) is 5.90. The summed E-state index contributed by atoms with van der Waals surface area (Å²) in [7, 11) is 1.32. The molecule has 0 aliphatic heterocycles. The van der Waals surface area contributed by atoms with E-state index in [0.717, 1.165) is 0 Å². The van der Waals surface area contributed by atoms with Crippen LogP contribution in [0, 0.1) is 5.92 Å². The highest BCUT2D eigenvalue weighted by molar-refractivity contribution is 5.97. The lowest BCUT2D eigenvalue weighted by Gasteiger charge is -2.23. The number of benzene rings is 1. The van der Waals surface area contributed by atoms with Gasteiger partial charge >= 0.3 is 5.97 Å². The van der Waals surface area contributed by atoms with Gasteiger partial charge in [-0.3, -0.25) is 14.4 Å². The van der Waals surface area contributed by atoms with E-state index in [0.29, 0.717) is 12.1 Å². The van der Waals surface area contributed by atoms with E-state index in [2.05, 4.69) is 11.3 Å². The summed E-state index contributed by atoms with van der Waals surface area (Å²) < 4.78 is 4.67. The van der Waals surface area contributed by atoms with Gasteiger partial charge in [0, 0.05) is 31.5 Å². The predicted octanol–water partition coefficient (Wildman–Crippen LogP) is 2.47. The van der Waals surface area contributed by atoms with Gasteiger partial charge in [0.2, 0.25) is 5.91 Å². The first-order valence-corrected chi connectivity index (χ1v) is 7.54. The third-order valence-corrected chi connectivity index (χ3v) is 3.46. The standard InChI is InChI=1S/C18H23NO4/c1-4-12-19(13-14(2)18(22)23-3)17(21)11-10-16(20)15-8-6-5-7-9-15/h4-9,14H,1,10-13H2,2-3H3. The van der Waals surface area contributed by atoms with Crippen molar-refractivity contribution in [3.05, 3.63) is 48.6 Å². The summed E-state index contributed by atoms with van der Waals surface area (Å²) in [5, 5.41) is 0. The Morgan fingerprint density at radius 2 is 1.87 bits per heavy atom. The van der Waals surface area contributed by atoms with Crippen molar-refractivity contribution in [3.63, 3.8) is 0 Å². The van der Waals surface area contributed by atoms with Crippen molar-refractivity contribution < 1.29 is 19.1 Å². The van der Waals surface area contributed by atoms with E-state index in [1.165, 1.54) is 12.0 Å². The Morgan fingerprint density at radius 3 is 2.43 bits per heavy atom. The number of esters is 1. The lowest BCUT2D eigenvalue weighted by atomic mass is 10.1. The second kappa shape index (κ2) is 9.56. The molecule has 0 spiro atoms. The van der Waals surface area contributed by atoms with E-state index >= 15 is 0 Å². The number of methoxy groups -OCH3 is 1. The van der Waals surface area contributed by atoms with Crippen LogP contribution >= 0.6 is 0 Å². The first kappa shape index (κ1) is 18.6. The SMILES string of the molecule is C=CCN(CC(C)C(=O)OC)C(=O)CCC(=O)c1ccccc1. The van der Waals surface area contributed by atoms with Crippen LogP contribution in [0.3, 0.4) is 0 Å². The molecule has 0 bridgehead atoms. The van der Waals surface area contributed by atoms with Crippen LogP contribution in [-0.4, -0.2) is 42.8 Å². The summed E-state index contributed by atoms with van der Waals surface area (Å²) >= 11 is 0. The molecule has 1 unspecified atom stereocenters. The van der Waals surface area contributed by atoms with Crippen molar-refractivity contribution in [2.75, 3.05) is 20.2 Å². The summed E-state index contributed by atoms with van der Waals surface area (Å²) in [4.78, 5) is 37.3. The minimum Gasteiger partial charge on any atom is -0.469 e. The van der Waals surface area contributed by atoms with E-state index in [4.69, 9.17) is 0 Å². The fraction of sp³-hybridized carbons (Fsp3) is 0.389. The van der Waals surface area contributed by atoms with Crippen molar-refractivity contribution in [3.8, 4) is 0 Å². The molecular weight excluding hydrogens is 294 g/mol. The first-order chi connectivity index (χ1) is 11.0. The van der Waals surface area contributed by atoms with Gasteiger partial charge in [0.25, 0.3) is 0 Å². The molecule has 0 aromatic heterocycles. The molecule has 5 nitrogen and oxygen atoms in total. The van der Waals surface area contributed by atoms with E-state index in [1.807, 2.05) is 6.07 Å². The van der Waals surface area contributed by atoms with Gasteiger partial charge in [-0.1, -0.05) is 43.3 Å². The van der Waals surface area contributed by atoms with Crippen LogP contribution in [0.25, 0.3) is 0 Å². The van der Waals surface area contributed by atoms with Crippen molar-refractivity contribution in [2.24, 2.45) is 5.92 Å². The lowest BCUT2D eigenvalue weighted by Crippen LogP contribution is -2.37. The highest BCUT2D eigenvalue weighted by Crippen LogP contribution is 2.09. The van der Waals surface area contributed by atoms with Crippen LogP contribution in [0.4, 0.5) is 0 Å². The molecule has 0 N–H and O–H groups in total. The maximum absolute atomic E-state index is 12.3. The topological polar surface area (TPSA) is 63.7 Å². The number of carbonyl (C=O) groups excluding carboxylic acids is 3. The molecule has 0 saturated carbocycles. The van der Waals surface area contributed by atoms with Gasteiger partial charge in [-0.2, -0.15) is 0 Å². The normalized spacial score (nSPS) is 11.4. The molecular formula is C18H23NO4. The number of amides is 1. The molecule has 23 heavy (non-hydrogen) atoms. The third-order valence-electron chi connectivity index (χ3n) is 3.46. The molecule has 0 aliphatic rings. The molecule has 1 aromatic carbocycles. The van der Waals surface area contributed by atoms with Crippen LogP contribution in [0.2, 0.25) is 0 Å². The van der Waals surface area contributed by atoms with Gasteiger partial charge < -0.3 is 9.64 Å². The minimum absolute atomic E-state index is 0.0708. The van der Waals surface area contributed by atoms with Crippen molar-refractivity contribution >= 4 is 17.7 Å². The number of carbonyl (C=O) groups is 3. The molecule has 0 fully saturated rings. The Bertz CT molecular complexity index is 553. The average molecular weight is 317 g/mol. The number of nitrogens with zero attached hydrogens (tertiary/aromatic N) is 1. The van der Waals surface area contributed by atoms with Gasteiger partial charge in [0.1, 0.15) is 0 Å². The van der Waals surface area contributed by atoms with Crippen LogP contribution in [0.15, 0.2) is 43.0 Å². The second-order valence-corrected chi connectivity index (χ2v) is 5.30. The zero-order chi connectivity index (χ0) is 17.2. The number of ketones is 1. The third kappa shape index (κ3) is 6.06. The monoisotopic (exact) mass is 317 g/mol. The molecule has 5 heteroatoms. The molecule has 0 saturated heterocycles.